The number of nitrogens with zero attached hydrogens (tertiary/aromatic N) is 1. The normalized spacial score (nSPS) is 12.2. The molecule has 5 heteroatoms. The lowest BCUT2D eigenvalue weighted by Gasteiger charge is -2.24. The maximum atomic E-state index is 13.5. The zero-order valence-electron chi connectivity index (χ0n) is 18.7. The molecule has 0 spiro atoms. The van der Waals surface area contributed by atoms with Gasteiger partial charge in [0.2, 0.25) is 10.0 Å². The van der Waals surface area contributed by atoms with Crippen molar-refractivity contribution < 1.29 is 13.2 Å². The van der Waals surface area contributed by atoms with E-state index in [4.69, 9.17) is 4.74 Å². The van der Waals surface area contributed by atoms with Gasteiger partial charge in [0.1, 0.15) is 5.75 Å². The molecule has 0 aliphatic heterocycles. The molecule has 0 aliphatic rings. The molecule has 164 valence electrons. The van der Waals surface area contributed by atoms with Gasteiger partial charge in [-0.1, -0.05) is 75.4 Å². The summed E-state index contributed by atoms with van der Waals surface area (Å²) < 4.78 is 33.7. The molecule has 3 aromatic rings. The number of methoxy groups -OCH3 is 1. The van der Waals surface area contributed by atoms with E-state index in [1.807, 2.05) is 42.5 Å². The summed E-state index contributed by atoms with van der Waals surface area (Å²) in [5.41, 5.74) is 3.37. The van der Waals surface area contributed by atoms with E-state index in [1.54, 1.807) is 35.7 Å². The molecule has 0 aliphatic carbocycles. The van der Waals surface area contributed by atoms with Crippen molar-refractivity contribution in [2.24, 2.45) is 0 Å². The van der Waals surface area contributed by atoms with E-state index in [0.29, 0.717) is 25.3 Å². The number of ether oxygens (including phenoxy) is 1. The van der Waals surface area contributed by atoms with Gasteiger partial charge in [-0.2, -0.15) is 4.31 Å². The van der Waals surface area contributed by atoms with Crippen molar-refractivity contribution in [2.45, 2.75) is 44.0 Å². The van der Waals surface area contributed by atoms with Crippen LogP contribution in [0.1, 0.15) is 37.5 Å². The van der Waals surface area contributed by atoms with E-state index in [2.05, 4.69) is 32.9 Å². The fourth-order valence-electron chi connectivity index (χ4n) is 3.39. The Kier molecular flexibility index (Phi) is 7.19. The smallest absolute Gasteiger partial charge is 0.243 e. The highest BCUT2D eigenvalue weighted by Crippen LogP contribution is 2.25. The largest absolute Gasteiger partial charge is 0.497 e. The van der Waals surface area contributed by atoms with Gasteiger partial charge < -0.3 is 4.74 Å². The molecule has 0 saturated heterocycles. The minimum atomic E-state index is -3.66. The van der Waals surface area contributed by atoms with Gasteiger partial charge in [-0.15, -0.1) is 0 Å². The van der Waals surface area contributed by atoms with Crippen molar-refractivity contribution in [3.05, 3.63) is 95.6 Å². The Morgan fingerprint density at radius 2 is 1.42 bits per heavy atom. The van der Waals surface area contributed by atoms with Gasteiger partial charge in [0.25, 0.3) is 0 Å². The Balaban J connectivity index is 1.87. The van der Waals surface area contributed by atoms with Gasteiger partial charge in [0, 0.05) is 13.1 Å². The highest BCUT2D eigenvalue weighted by atomic mass is 32.2. The first-order chi connectivity index (χ1) is 14.7. The van der Waals surface area contributed by atoms with E-state index in [1.165, 1.54) is 5.56 Å². The second kappa shape index (κ2) is 9.67. The second-order valence-electron chi connectivity index (χ2n) is 8.70. The van der Waals surface area contributed by atoms with Crippen molar-refractivity contribution in [1.29, 1.82) is 0 Å². The lowest BCUT2D eigenvalue weighted by Crippen LogP contribution is -2.32. The van der Waals surface area contributed by atoms with E-state index < -0.39 is 10.0 Å². The number of benzene rings is 3. The Hall–Kier alpha value is -2.63. The Morgan fingerprint density at radius 3 is 1.97 bits per heavy atom. The lowest BCUT2D eigenvalue weighted by molar-refractivity contribution is 0.407. The molecule has 4 nitrogen and oxygen atoms in total. The van der Waals surface area contributed by atoms with Crippen LogP contribution in [0.5, 0.6) is 5.75 Å². The number of hydrogen-bond donors (Lipinski definition) is 0. The van der Waals surface area contributed by atoms with Crippen LogP contribution in [0.25, 0.3) is 0 Å². The number of sulfonamides is 1. The van der Waals surface area contributed by atoms with Gasteiger partial charge in [-0.25, -0.2) is 8.42 Å². The van der Waals surface area contributed by atoms with Crippen LogP contribution in [0.4, 0.5) is 0 Å². The summed E-state index contributed by atoms with van der Waals surface area (Å²) in [5.74, 6) is 0.632. The standard InChI is InChI=1S/C26H31NO3S/c1-26(2,3)23-12-10-22(11-13-23)20-27(19-18-21-8-6-5-7-9-21)31(28,29)25-16-14-24(30-4)15-17-25/h5-17H,18-20H2,1-4H3. The van der Waals surface area contributed by atoms with Gasteiger partial charge >= 0.3 is 0 Å². The first-order valence-corrected chi connectivity index (χ1v) is 11.9. The number of hydrogen-bond acceptors (Lipinski definition) is 3. The molecule has 3 rings (SSSR count). The molecular formula is C26H31NO3S. The molecule has 3 aromatic carbocycles. The van der Waals surface area contributed by atoms with E-state index in [9.17, 15) is 8.42 Å². The Morgan fingerprint density at radius 1 is 0.806 bits per heavy atom. The average molecular weight is 438 g/mol. The van der Waals surface area contributed by atoms with Gasteiger partial charge in [0.15, 0.2) is 0 Å². The molecule has 0 amide bonds. The van der Waals surface area contributed by atoms with Crippen molar-refractivity contribution in [3.8, 4) is 5.75 Å². The molecule has 0 atom stereocenters. The van der Waals surface area contributed by atoms with E-state index in [-0.39, 0.29) is 10.3 Å². The van der Waals surface area contributed by atoms with Gasteiger partial charge in [-0.3, -0.25) is 0 Å². The summed E-state index contributed by atoms with van der Waals surface area (Å²) in [7, 11) is -2.09. The molecule has 0 bridgehead atoms. The molecule has 31 heavy (non-hydrogen) atoms. The average Bonchev–Trinajstić information content (AvgIpc) is 2.77. The summed E-state index contributed by atoms with van der Waals surface area (Å²) in [6.45, 7) is 7.23. The highest BCUT2D eigenvalue weighted by molar-refractivity contribution is 7.89. The Bertz CT molecular complexity index is 1070. The summed E-state index contributed by atoms with van der Waals surface area (Å²) in [6, 6.07) is 24.8. The van der Waals surface area contributed by atoms with Crippen LogP contribution in [0.2, 0.25) is 0 Å². The predicted octanol–water partition coefficient (Wildman–Crippen LogP) is 5.43. The van der Waals surface area contributed by atoms with Crippen LogP contribution in [0.3, 0.4) is 0 Å². The van der Waals surface area contributed by atoms with Gasteiger partial charge in [0.05, 0.1) is 12.0 Å². The summed E-state index contributed by atoms with van der Waals surface area (Å²) >= 11 is 0. The zero-order valence-corrected chi connectivity index (χ0v) is 19.5. The monoisotopic (exact) mass is 437 g/mol. The molecule has 0 heterocycles. The summed E-state index contributed by atoms with van der Waals surface area (Å²) in [5, 5.41) is 0. The predicted molar refractivity (Wildman–Crippen MR) is 126 cm³/mol. The van der Waals surface area contributed by atoms with E-state index >= 15 is 0 Å². The van der Waals surface area contributed by atoms with Crippen LogP contribution in [-0.4, -0.2) is 26.4 Å². The van der Waals surface area contributed by atoms with Crippen LogP contribution in [0, 0.1) is 0 Å². The van der Waals surface area contributed by atoms with Crippen LogP contribution >= 0.6 is 0 Å². The van der Waals surface area contributed by atoms with Crippen LogP contribution in [-0.2, 0) is 28.4 Å². The maximum absolute atomic E-state index is 13.5. The molecular weight excluding hydrogens is 406 g/mol. The van der Waals surface area contributed by atoms with Crippen molar-refractivity contribution >= 4 is 10.0 Å². The lowest BCUT2D eigenvalue weighted by atomic mass is 9.87. The first kappa shape index (κ1) is 23.0. The quantitative estimate of drug-likeness (QED) is 0.472. The summed E-state index contributed by atoms with van der Waals surface area (Å²) in [6.07, 6.45) is 0.649. The minimum Gasteiger partial charge on any atom is -0.497 e. The van der Waals surface area contributed by atoms with Crippen molar-refractivity contribution in [1.82, 2.24) is 4.31 Å². The Labute approximate surface area is 186 Å². The highest BCUT2D eigenvalue weighted by Gasteiger charge is 2.25. The fourth-order valence-corrected chi connectivity index (χ4v) is 4.82. The van der Waals surface area contributed by atoms with Crippen molar-refractivity contribution in [3.63, 3.8) is 0 Å². The van der Waals surface area contributed by atoms with Crippen LogP contribution in [0.15, 0.2) is 83.8 Å². The first-order valence-electron chi connectivity index (χ1n) is 10.5. The molecule has 0 unspecified atom stereocenters. The van der Waals surface area contributed by atoms with E-state index in [0.717, 1.165) is 11.1 Å². The SMILES string of the molecule is COc1ccc(S(=O)(=O)N(CCc2ccccc2)Cc2ccc(C(C)(C)C)cc2)cc1. The minimum absolute atomic E-state index is 0.0562. The third-order valence-corrected chi connectivity index (χ3v) is 7.23. The molecule has 0 saturated carbocycles. The topological polar surface area (TPSA) is 46.6 Å². The third-order valence-electron chi connectivity index (χ3n) is 5.37. The molecule has 0 fully saturated rings. The second-order valence-corrected chi connectivity index (χ2v) is 10.6. The summed E-state index contributed by atoms with van der Waals surface area (Å²) in [4.78, 5) is 0.271. The van der Waals surface area contributed by atoms with Crippen LogP contribution < -0.4 is 4.74 Å². The fraction of sp³-hybridized carbons (Fsp3) is 0.308. The molecule has 0 N–H and O–H groups in total. The number of rotatable bonds is 8. The maximum Gasteiger partial charge on any atom is 0.243 e. The molecule has 0 aromatic heterocycles. The zero-order chi connectivity index (χ0) is 22.5. The third kappa shape index (κ3) is 5.96. The van der Waals surface area contributed by atoms with Crippen molar-refractivity contribution in [2.75, 3.05) is 13.7 Å². The van der Waals surface area contributed by atoms with Gasteiger partial charge in [-0.05, 0) is 52.8 Å². The molecule has 0 radical (unpaired) electrons.